The van der Waals surface area contributed by atoms with Gasteiger partial charge in [-0.05, 0) is 13.8 Å². The van der Waals surface area contributed by atoms with Crippen LogP contribution in [0.25, 0.3) is 0 Å². The molecule has 0 atom stereocenters. The quantitative estimate of drug-likeness (QED) is 0.496. The van der Waals surface area contributed by atoms with Crippen molar-refractivity contribution in [1.82, 2.24) is 0 Å². The second kappa shape index (κ2) is 4.83. The molecule has 0 aromatic heterocycles. The Morgan fingerprint density at radius 3 is 1.83 bits per heavy atom. The maximum absolute atomic E-state index is 5.15. The summed E-state index contributed by atoms with van der Waals surface area (Å²) < 4.78 is 0. The van der Waals surface area contributed by atoms with Gasteiger partial charge in [-0.3, -0.25) is 0 Å². The minimum absolute atomic E-state index is 0. The Labute approximate surface area is 44.6 Å². The third kappa shape index (κ3) is 9.16. The fourth-order valence-corrected chi connectivity index (χ4v) is 0. The van der Waals surface area contributed by atoms with E-state index >= 15 is 0 Å². The summed E-state index contributed by atoms with van der Waals surface area (Å²) in [5.41, 5.74) is 6.03. The van der Waals surface area contributed by atoms with E-state index in [0.717, 1.165) is 5.70 Å². The monoisotopic (exact) mass is 107 g/mol. The third-order valence-corrected chi connectivity index (χ3v) is 0.455. The second-order valence-corrected chi connectivity index (χ2v) is 1.03. The summed E-state index contributed by atoms with van der Waals surface area (Å²) in [6, 6.07) is 0. The third-order valence-electron chi connectivity index (χ3n) is 0.455. The standard InChI is InChI=1S/C4H9N.ClH/c1-3-4(2)5;/h3H,5H2,1-2H3;1H/b4-3-;. The smallest absolute Gasteiger partial charge is 0.000552 e. The minimum Gasteiger partial charge on any atom is -0.403 e. The van der Waals surface area contributed by atoms with Gasteiger partial charge in [-0.25, -0.2) is 0 Å². The molecule has 0 aliphatic rings. The van der Waals surface area contributed by atoms with Gasteiger partial charge in [0.2, 0.25) is 0 Å². The van der Waals surface area contributed by atoms with E-state index in [9.17, 15) is 0 Å². The molecule has 0 spiro atoms. The van der Waals surface area contributed by atoms with Gasteiger partial charge in [0, 0.05) is 5.70 Å². The molecule has 38 valence electrons. The molecule has 0 saturated carbocycles. The largest absolute Gasteiger partial charge is 0.403 e. The molecular formula is C4H10ClN. The van der Waals surface area contributed by atoms with Crippen molar-refractivity contribution in [3.8, 4) is 0 Å². The lowest BCUT2D eigenvalue weighted by Gasteiger charge is -1.76. The summed E-state index contributed by atoms with van der Waals surface area (Å²) in [4.78, 5) is 0. The van der Waals surface area contributed by atoms with Crippen molar-refractivity contribution < 1.29 is 0 Å². The van der Waals surface area contributed by atoms with Crippen molar-refractivity contribution in [2.75, 3.05) is 0 Å². The molecule has 0 rings (SSSR count). The minimum atomic E-state index is 0. The maximum Gasteiger partial charge on any atom is 0.000552 e. The van der Waals surface area contributed by atoms with E-state index < -0.39 is 0 Å². The SMILES string of the molecule is C/C=C(/C)N.Cl. The normalized spacial score (nSPS) is 10.0. The van der Waals surface area contributed by atoms with Gasteiger partial charge < -0.3 is 5.73 Å². The fraction of sp³-hybridized carbons (Fsp3) is 0.500. The molecule has 0 amide bonds. The molecule has 2 heteroatoms. The van der Waals surface area contributed by atoms with E-state index in [2.05, 4.69) is 0 Å². The van der Waals surface area contributed by atoms with Crippen LogP contribution in [0, 0.1) is 0 Å². The zero-order valence-electron chi connectivity index (χ0n) is 4.06. The van der Waals surface area contributed by atoms with Crippen LogP contribution in [0.2, 0.25) is 0 Å². The van der Waals surface area contributed by atoms with Gasteiger partial charge in [-0.2, -0.15) is 0 Å². The molecule has 0 unspecified atom stereocenters. The van der Waals surface area contributed by atoms with Crippen LogP contribution in [0.15, 0.2) is 11.8 Å². The van der Waals surface area contributed by atoms with Crippen molar-refractivity contribution in [2.45, 2.75) is 13.8 Å². The van der Waals surface area contributed by atoms with Gasteiger partial charge in [-0.1, -0.05) is 6.08 Å². The zero-order valence-corrected chi connectivity index (χ0v) is 4.88. The lowest BCUT2D eigenvalue weighted by molar-refractivity contribution is 1.29. The van der Waals surface area contributed by atoms with E-state index in [1.165, 1.54) is 0 Å². The second-order valence-electron chi connectivity index (χ2n) is 1.03. The van der Waals surface area contributed by atoms with Crippen molar-refractivity contribution >= 4 is 12.4 Å². The zero-order chi connectivity index (χ0) is 4.28. The van der Waals surface area contributed by atoms with Gasteiger partial charge >= 0.3 is 0 Å². The molecule has 2 N–H and O–H groups in total. The van der Waals surface area contributed by atoms with Crippen molar-refractivity contribution in [3.63, 3.8) is 0 Å². The predicted molar refractivity (Wildman–Crippen MR) is 30.9 cm³/mol. The van der Waals surface area contributed by atoms with E-state index in [1.807, 2.05) is 19.9 Å². The number of halogens is 1. The van der Waals surface area contributed by atoms with Gasteiger partial charge in [0.05, 0.1) is 0 Å². The van der Waals surface area contributed by atoms with Crippen LogP contribution in [0.5, 0.6) is 0 Å². The van der Waals surface area contributed by atoms with Crippen LogP contribution < -0.4 is 5.73 Å². The van der Waals surface area contributed by atoms with E-state index in [-0.39, 0.29) is 12.4 Å². The molecule has 0 aromatic carbocycles. The summed E-state index contributed by atoms with van der Waals surface area (Å²) in [6.07, 6.45) is 1.86. The highest BCUT2D eigenvalue weighted by atomic mass is 35.5. The predicted octanol–water partition coefficient (Wildman–Crippen LogP) is 1.29. The van der Waals surface area contributed by atoms with Gasteiger partial charge in [0.1, 0.15) is 0 Å². The van der Waals surface area contributed by atoms with E-state index in [1.54, 1.807) is 0 Å². The average Bonchev–Trinajstić information content (AvgIpc) is 1.38. The molecule has 0 aliphatic heterocycles. The van der Waals surface area contributed by atoms with Gasteiger partial charge in [0.25, 0.3) is 0 Å². The number of hydrogen-bond acceptors (Lipinski definition) is 1. The van der Waals surface area contributed by atoms with Gasteiger partial charge in [0.15, 0.2) is 0 Å². The number of rotatable bonds is 0. The molecule has 0 heterocycles. The summed E-state index contributed by atoms with van der Waals surface area (Å²) in [6.45, 7) is 3.77. The molecule has 0 radical (unpaired) electrons. The summed E-state index contributed by atoms with van der Waals surface area (Å²) >= 11 is 0. The number of hydrogen-bond donors (Lipinski definition) is 1. The van der Waals surface area contributed by atoms with Crippen LogP contribution in [0.3, 0.4) is 0 Å². The lowest BCUT2D eigenvalue weighted by atomic mass is 10.5. The topological polar surface area (TPSA) is 26.0 Å². The van der Waals surface area contributed by atoms with Crippen LogP contribution in [0.4, 0.5) is 0 Å². The Kier molecular flexibility index (Phi) is 7.46. The van der Waals surface area contributed by atoms with Crippen LogP contribution in [0.1, 0.15) is 13.8 Å². The number of nitrogens with two attached hydrogens (primary N) is 1. The molecule has 0 fully saturated rings. The molecule has 6 heavy (non-hydrogen) atoms. The molecule has 0 aromatic rings. The highest BCUT2D eigenvalue weighted by Gasteiger charge is 1.60. The van der Waals surface area contributed by atoms with Crippen molar-refractivity contribution in [1.29, 1.82) is 0 Å². The molecule has 0 aliphatic carbocycles. The van der Waals surface area contributed by atoms with E-state index in [4.69, 9.17) is 5.73 Å². The summed E-state index contributed by atoms with van der Waals surface area (Å²) in [7, 11) is 0. The molecule has 1 nitrogen and oxygen atoms in total. The molecule has 0 saturated heterocycles. The van der Waals surface area contributed by atoms with E-state index in [0.29, 0.717) is 0 Å². The first-order valence-corrected chi connectivity index (χ1v) is 1.65. The molecule has 0 bridgehead atoms. The first kappa shape index (κ1) is 9.27. The van der Waals surface area contributed by atoms with Crippen molar-refractivity contribution in [3.05, 3.63) is 11.8 Å². The van der Waals surface area contributed by atoms with Crippen LogP contribution in [-0.4, -0.2) is 0 Å². The average molecular weight is 108 g/mol. The Morgan fingerprint density at radius 2 is 1.83 bits per heavy atom. The first-order valence-electron chi connectivity index (χ1n) is 1.65. The Bertz CT molecular complexity index is 45.5. The van der Waals surface area contributed by atoms with Gasteiger partial charge in [-0.15, -0.1) is 12.4 Å². The fourth-order valence-electron chi connectivity index (χ4n) is 0. The maximum atomic E-state index is 5.15. The summed E-state index contributed by atoms with van der Waals surface area (Å²) in [5.74, 6) is 0. The van der Waals surface area contributed by atoms with Crippen LogP contribution in [-0.2, 0) is 0 Å². The Balaban J connectivity index is 0. The molecular weight excluding hydrogens is 97.5 g/mol. The van der Waals surface area contributed by atoms with Crippen molar-refractivity contribution in [2.24, 2.45) is 5.73 Å². The Morgan fingerprint density at radius 1 is 1.67 bits per heavy atom. The number of allylic oxidation sites excluding steroid dienone is 2. The van der Waals surface area contributed by atoms with Crippen LogP contribution >= 0.6 is 12.4 Å². The Hall–Kier alpha value is -0.170. The highest BCUT2D eigenvalue weighted by Crippen LogP contribution is 1.71. The first-order chi connectivity index (χ1) is 2.27. The highest BCUT2D eigenvalue weighted by molar-refractivity contribution is 5.85. The lowest BCUT2D eigenvalue weighted by Crippen LogP contribution is -1.86. The summed E-state index contributed by atoms with van der Waals surface area (Å²) in [5, 5.41) is 0.